The summed E-state index contributed by atoms with van der Waals surface area (Å²) in [6, 6.07) is 9.60. The second-order valence-corrected chi connectivity index (χ2v) is 4.09. The van der Waals surface area contributed by atoms with E-state index in [1.807, 2.05) is 30.3 Å². The van der Waals surface area contributed by atoms with Crippen LogP contribution < -0.4 is 11.1 Å². The molecule has 0 saturated carbocycles. The third-order valence-electron chi connectivity index (χ3n) is 2.33. The van der Waals surface area contributed by atoms with Crippen LogP contribution in [0.2, 0.25) is 0 Å². The molecule has 0 bridgehead atoms. The number of hydrogen-bond acceptors (Lipinski definition) is 3. The second kappa shape index (κ2) is 7.30. The molecule has 0 spiro atoms. The van der Waals surface area contributed by atoms with E-state index in [-0.39, 0.29) is 5.91 Å². The predicted molar refractivity (Wildman–Crippen MR) is 69.6 cm³/mol. The van der Waals surface area contributed by atoms with Crippen LogP contribution in [-0.2, 0) is 11.2 Å². The molecule has 0 aromatic heterocycles. The Hall–Kier alpha value is -1.00. The minimum atomic E-state index is -0.437. The molecule has 1 rings (SSSR count). The van der Waals surface area contributed by atoms with E-state index in [2.05, 4.69) is 17.9 Å². The molecule has 0 saturated heterocycles. The number of hydrogen-bond donors (Lipinski definition) is 3. The van der Waals surface area contributed by atoms with Gasteiger partial charge >= 0.3 is 0 Å². The summed E-state index contributed by atoms with van der Waals surface area (Å²) in [4.78, 5) is 11.5. The number of nitrogens with two attached hydrogens (primary N) is 1. The van der Waals surface area contributed by atoms with E-state index < -0.39 is 6.04 Å². The van der Waals surface area contributed by atoms with Crippen molar-refractivity contribution in [2.45, 2.75) is 18.9 Å². The Morgan fingerprint density at radius 2 is 2.06 bits per heavy atom. The highest BCUT2D eigenvalue weighted by molar-refractivity contribution is 7.80. The number of thiol groups is 1. The lowest BCUT2D eigenvalue weighted by Crippen LogP contribution is -2.41. The van der Waals surface area contributed by atoms with Crippen molar-refractivity contribution in [2.24, 2.45) is 5.73 Å². The number of amides is 1. The van der Waals surface area contributed by atoms with Gasteiger partial charge in [0.25, 0.3) is 0 Å². The zero-order chi connectivity index (χ0) is 11.8. The van der Waals surface area contributed by atoms with Gasteiger partial charge in [0, 0.05) is 6.54 Å². The maximum Gasteiger partial charge on any atom is 0.236 e. The predicted octanol–water partition coefficient (Wildman–Crippen LogP) is 0.992. The summed E-state index contributed by atoms with van der Waals surface area (Å²) in [7, 11) is 0. The zero-order valence-electron chi connectivity index (χ0n) is 9.23. The molecule has 1 unspecified atom stereocenters. The average Bonchev–Trinajstić information content (AvgIpc) is 2.30. The highest BCUT2D eigenvalue weighted by Gasteiger charge is 2.10. The third kappa shape index (κ3) is 4.68. The zero-order valence-corrected chi connectivity index (χ0v) is 10.1. The Morgan fingerprint density at radius 1 is 1.38 bits per heavy atom. The Morgan fingerprint density at radius 3 is 2.69 bits per heavy atom. The standard InChI is InChI=1S/C12H18N2OS/c13-11(7-9-16)12(15)14-8-6-10-4-2-1-3-5-10/h1-5,11,16H,6-9,13H2,(H,14,15). The van der Waals surface area contributed by atoms with Crippen LogP contribution in [0, 0.1) is 0 Å². The van der Waals surface area contributed by atoms with Crippen molar-refractivity contribution < 1.29 is 4.79 Å². The fraction of sp³-hybridized carbons (Fsp3) is 0.417. The van der Waals surface area contributed by atoms with Crippen LogP contribution in [0.5, 0.6) is 0 Å². The van der Waals surface area contributed by atoms with Crippen LogP contribution in [0.25, 0.3) is 0 Å². The van der Waals surface area contributed by atoms with Crippen LogP contribution in [0.15, 0.2) is 30.3 Å². The van der Waals surface area contributed by atoms with E-state index in [1.165, 1.54) is 5.56 Å². The monoisotopic (exact) mass is 238 g/mol. The molecule has 88 valence electrons. The van der Waals surface area contributed by atoms with Gasteiger partial charge in [-0.05, 0) is 24.2 Å². The summed E-state index contributed by atoms with van der Waals surface area (Å²) in [5.41, 5.74) is 6.86. The van der Waals surface area contributed by atoms with Gasteiger partial charge < -0.3 is 11.1 Å². The highest BCUT2D eigenvalue weighted by Crippen LogP contribution is 1.98. The molecule has 1 aromatic carbocycles. The lowest BCUT2D eigenvalue weighted by molar-refractivity contribution is -0.122. The second-order valence-electron chi connectivity index (χ2n) is 3.65. The average molecular weight is 238 g/mol. The molecule has 0 heterocycles. The normalized spacial score (nSPS) is 12.1. The molecule has 16 heavy (non-hydrogen) atoms. The highest BCUT2D eigenvalue weighted by atomic mass is 32.1. The Bertz CT molecular complexity index is 316. The number of carbonyl (C=O) groups is 1. The summed E-state index contributed by atoms with van der Waals surface area (Å²) in [6.07, 6.45) is 1.44. The first-order valence-corrected chi connectivity index (χ1v) is 6.05. The quantitative estimate of drug-likeness (QED) is 0.647. The van der Waals surface area contributed by atoms with Crippen molar-refractivity contribution in [1.82, 2.24) is 5.32 Å². The molecule has 3 nitrogen and oxygen atoms in total. The third-order valence-corrected chi connectivity index (χ3v) is 2.59. The van der Waals surface area contributed by atoms with Crippen molar-refractivity contribution >= 4 is 18.5 Å². The first-order valence-electron chi connectivity index (χ1n) is 5.42. The molecule has 0 fully saturated rings. The van der Waals surface area contributed by atoms with Crippen molar-refractivity contribution in [2.75, 3.05) is 12.3 Å². The van der Waals surface area contributed by atoms with Gasteiger partial charge in [0.15, 0.2) is 0 Å². The van der Waals surface area contributed by atoms with Crippen molar-refractivity contribution in [3.05, 3.63) is 35.9 Å². The SMILES string of the molecule is NC(CCS)C(=O)NCCc1ccccc1. The maximum atomic E-state index is 11.5. The lowest BCUT2D eigenvalue weighted by atomic mass is 10.1. The molecule has 0 aliphatic carbocycles. The molecule has 3 N–H and O–H groups in total. The van der Waals surface area contributed by atoms with Crippen molar-refractivity contribution in [3.63, 3.8) is 0 Å². The molecule has 1 aromatic rings. The van der Waals surface area contributed by atoms with Crippen LogP contribution in [0.3, 0.4) is 0 Å². The van der Waals surface area contributed by atoms with Gasteiger partial charge in [-0.15, -0.1) is 0 Å². The van der Waals surface area contributed by atoms with Crippen LogP contribution in [0.1, 0.15) is 12.0 Å². The van der Waals surface area contributed by atoms with E-state index in [4.69, 9.17) is 5.73 Å². The van der Waals surface area contributed by atoms with E-state index >= 15 is 0 Å². The van der Waals surface area contributed by atoms with E-state index in [9.17, 15) is 4.79 Å². The van der Waals surface area contributed by atoms with Crippen LogP contribution in [-0.4, -0.2) is 24.2 Å². The van der Waals surface area contributed by atoms with Gasteiger partial charge in [-0.2, -0.15) is 12.6 Å². The van der Waals surface area contributed by atoms with Gasteiger partial charge in [0.1, 0.15) is 0 Å². The van der Waals surface area contributed by atoms with E-state index in [0.29, 0.717) is 18.7 Å². The van der Waals surface area contributed by atoms with Crippen LogP contribution in [0.4, 0.5) is 0 Å². The first-order chi connectivity index (χ1) is 7.74. The molecule has 0 radical (unpaired) electrons. The minimum Gasteiger partial charge on any atom is -0.354 e. The van der Waals surface area contributed by atoms with E-state index in [1.54, 1.807) is 0 Å². The Balaban J connectivity index is 2.23. The summed E-state index contributed by atoms with van der Waals surface area (Å²) in [6.45, 7) is 0.628. The largest absolute Gasteiger partial charge is 0.354 e. The minimum absolute atomic E-state index is 0.0926. The molecule has 4 heteroatoms. The molecule has 1 amide bonds. The Labute approximate surface area is 102 Å². The van der Waals surface area contributed by atoms with Gasteiger partial charge in [0.05, 0.1) is 6.04 Å². The van der Waals surface area contributed by atoms with Gasteiger partial charge in [-0.25, -0.2) is 0 Å². The number of carbonyl (C=O) groups excluding carboxylic acids is 1. The van der Waals surface area contributed by atoms with Crippen molar-refractivity contribution in [1.29, 1.82) is 0 Å². The smallest absolute Gasteiger partial charge is 0.236 e. The number of benzene rings is 1. The fourth-order valence-corrected chi connectivity index (χ4v) is 1.65. The van der Waals surface area contributed by atoms with Gasteiger partial charge in [-0.3, -0.25) is 4.79 Å². The summed E-state index contributed by atoms with van der Waals surface area (Å²) in [5.74, 6) is 0.540. The fourth-order valence-electron chi connectivity index (χ4n) is 1.38. The summed E-state index contributed by atoms with van der Waals surface area (Å²) >= 11 is 4.04. The molecular formula is C12H18N2OS. The molecule has 0 aliphatic heterocycles. The molecule has 0 aliphatic rings. The van der Waals surface area contributed by atoms with Gasteiger partial charge in [-0.1, -0.05) is 30.3 Å². The lowest BCUT2D eigenvalue weighted by Gasteiger charge is -2.10. The van der Waals surface area contributed by atoms with Crippen LogP contribution >= 0.6 is 12.6 Å². The Kier molecular flexibility index (Phi) is 5.96. The van der Waals surface area contributed by atoms with E-state index in [0.717, 1.165) is 6.42 Å². The van der Waals surface area contributed by atoms with Gasteiger partial charge in [0.2, 0.25) is 5.91 Å². The molecular weight excluding hydrogens is 220 g/mol. The topological polar surface area (TPSA) is 55.1 Å². The molecule has 1 atom stereocenters. The number of rotatable bonds is 6. The number of nitrogens with one attached hydrogen (secondary N) is 1. The maximum absolute atomic E-state index is 11.5. The van der Waals surface area contributed by atoms with Crippen molar-refractivity contribution in [3.8, 4) is 0 Å². The summed E-state index contributed by atoms with van der Waals surface area (Å²) < 4.78 is 0. The first kappa shape index (κ1) is 13.1. The summed E-state index contributed by atoms with van der Waals surface area (Å²) in [5, 5.41) is 2.82.